The smallest absolute Gasteiger partial charge is 0.214 e. The van der Waals surface area contributed by atoms with Crippen LogP contribution < -0.4 is 4.74 Å². The molecule has 0 radical (unpaired) electrons. The average molecular weight is 308 g/mol. The summed E-state index contributed by atoms with van der Waals surface area (Å²) in [5.41, 5.74) is 2.30. The molecule has 2 rings (SSSR count). The highest BCUT2D eigenvalue weighted by Gasteiger charge is 2.12. The second kappa shape index (κ2) is 4.88. The molecule has 0 aliphatic carbocycles. The third-order valence-electron chi connectivity index (χ3n) is 2.61. The molecule has 0 atom stereocenters. The minimum atomic E-state index is 0.143. The highest BCUT2D eigenvalue weighted by Crippen LogP contribution is 2.25. The first-order valence-electron chi connectivity index (χ1n) is 6.05. The van der Waals surface area contributed by atoms with Crippen LogP contribution >= 0.6 is 15.9 Å². The van der Waals surface area contributed by atoms with Crippen LogP contribution in [0.4, 0.5) is 0 Å². The van der Waals surface area contributed by atoms with E-state index in [4.69, 9.17) is 4.74 Å². The molecule has 0 fully saturated rings. The van der Waals surface area contributed by atoms with Crippen molar-refractivity contribution < 1.29 is 4.74 Å². The number of halogens is 1. The molecule has 1 heterocycles. The van der Waals surface area contributed by atoms with Gasteiger partial charge in [0.15, 0.2) is 0 Å². The number of rotatable bonds is 2. The highest BCUT2D eigenvalue weighted by molar-refractivity contribution is 9.10. The molecule has 1 aromatic heterocycles. The summed E-state index contributed by atoms with van der Waals surface area (Å²) in [6, 6.07) is 8.10. The summed E-state index contributed by atoms with van der Waals surface area (Å²) < 4.78 is 6.84. The summed E-state index contributed by atoms with van der Waals surface area (Å²) in [7, 11) is 0. The molecule has 0 saturated carbocycles. The van der Waals surface area contributed by atoms with E-state index in [9.17, 15) is 0 Å². The zero-order valence-corrected chi connectivity index (χ0v) is 12.8. The van der Waals surface area contributed by atoms with E-state index in [2.05, 4.69) is 54.7 Å². The van der Waals surface area contributed by atoms with Gasteiger partial charge in [-0.25, -0.2) is 4.98 Å². The molecule has 0 aliphatic rings. The van der Waals surface area contributed by atoms with Gasteiger partial charge in [0.25, 0.3) is 0 Å². The number of fused-ring (bicyclic) bond motifs is 1. The third kappa shape index (κ3) is 3.22. The Morgan fingerprint density at radius 3 is 2.61 bits per heavy atom. The Balaban J connectivity index is 2.34. The Bertz CT molecular complexity index is 572. The van der Waals surface area contributed by atoms with Crippen LogP contribution in [0.2, 0.25) is 0 Å². The topological polar surface area (TPSA) is 22.1 Å². The number of benzene rings is 1. The minimum absolute atomic E-state index is 0.143. The monoisotopic (exact) mass is 307 g/mol. The zero-order valence-electron chi connectivity index (χ0n) is 11.2. The maximum Gasteiger partial charge on any atom is 0.214 e. The summed E-state index contributed by atoms with van der Waals surface area (Å²) in [6.07, 6.45) is 0. The molecular weight excluding hydrogens is 290 g/mol. The maximum absolute atomic E-state index is 5.77. The van der Waals surface area contributed by atoms with Crippen LogP contribution in [0.15, 0.2) is 28.7 Å². The molecule has 2 aromatic rings. The van der Waals surface area contributed by atoms with Crippen molar-refractivity contribution in [1.82, 2.24) is 4.98 Å². The van der Waals surface area contributed by atoms with Crippen LogP contribution in [-0.4, -0.2) is 11.6 Å². The van der Waals surface area contributed by atoms with Crippen LogP contribution in [0.3, 0.4) is 0 Å². The Kier molecular flexibility index (Phi) is 3.62. The highest BCUT2D eigenvalue weighted by atomic mass is 79.9. The van der Waals surface area contributed by atoms with Gasteiger partial charge in [-0.05, 0) is 36.1 Å². The normalized spacial score (nSPS) is 11.8. The van der Waals surface area contributed by atoms with Gasteiger partial charge < -0.3 is 4.74 Å². The largest absolute Gasteiger partial charge is 0.477 e. The van der Waals surface area contributed by atoms with Gasteiger partial charge in [-0.1, -0.05) is 36.7 Å². The number of pyridine rings is 1. The molecule has 2 nitrogen and oxygen atoms in total. The molecule has 0 unspecified atom stereocenters. The van der Waals surface area contributed by atoms with Crippen LogP contribution in [0.25, 0.3) is 10.9 Å². The summed E-state index contributed by atoms with van der Waals surface area (Å²) in [5.74, 6) is 0.706. The zero-order chi connectivity index (χ0) is 13.3. The van der Waals surface area contributed by atoms with E-state index >= 15 is 0 Å². The summed E-state index contributed by atoms with van der Waals surface area (Å²) in [5, 5.41) is 1.16. The number of hydrogen-bond donors (Lipinski definition) is 0. The van der Waals surface area contributed by atoms with Gasteiger partial charge in [-0.2, -0.15) is 0 Å². The molecule has 0 amide bonds. The van der Waals surface area contributed by atoms with Crippen molar-refractivity contribution in [2.75, 3.05) is 6.61 Å². The number of nitrogens with zero attached hydrogens (tertiary/aromatic N) is 1. The van der Waals surface area contributed by atoms with Crippen molar-refractivity contribution in [2.24, 2.45) is 5.41 Å². The molecule has 0 aliphatic heterocycles. The van der Waals surface area contributed by atoms with Crippen molar-refractivity contribution in [3.05, 3.63) is 34.3 Å². The molecule has 0 N–H and O–H groups in total. The van der Waals surface area contributed by atoms with Crippen molar-refractivity contribution in [3.8, 4) is 5.88 Å². The minimum Gasteiger partial charge on any atom is -0.477 e. The van der Waals surface area contributed by atoms with Gasteiger partial charge in [0.1, 0.15) is 0 Å². The Hall–Kier alpha value is -1.09. The lowest BCUT2D eigenvalue weighted by atomic mass is 9.99. The Labute approximate surface area is 117 Å². The van der Waals surface area contributed by atoms with E-state index < -0.39 is 0 Å². The predicted molar refractivity (Wildman–Crippen MR) is 79.1 cm³/mol. The van der Waals surface area contributed by atoms with Gasteiger partial charge in [-0.3, -0.25) is 0 Å². The molecule has 1 aromatic carbocycles. The average Bonchev–Trinajstić information content (AvgIpc) is 2.26. The van der Waals surface area contributed by atoms with E-state index in [1.54, 1.807) is 0 Å². The lowest BCUT2D eigenvalue weighted by Gasteiger charge is -2.18. The lowest BCUT2D eigenvalue weighted by molar-refractivity contribution is 0.192. The van der Waals surface area contributed by atoms with Crippen LogP contribution in [0, 0.1) is 12.3 Å². The van der Waals surface area contributed by atoms with Gasteiger partial charge in [0, 0.05) is 15.9 Å². The predicted octanol–water partition coefficient (Wildman–Crippen LogP) is 4.73. The SMILES string of the molecule is Cc1cc(OCC(C)(C)C)nc2ccc(Br)cc12. The van der Waals surface area contributed by atoms with Crippen molar-refractivity contribution in [3.63, 3.8) is 0 Å². The maximum atomic E-state index is 5.77. The van der Waals surface area contributed by atoms with E-state index in [0.29, 0.717) is 12.5 Å². The Morgan fingerprint density at radius 2 is 1.94 bits per heavy atom. The third-order valence-corrected chi connectivity index (χ3v) is 3.10. The van der Waals surface area contributed by atoms with E-state index in [1.165, 1.54) is 5.56 Å². The lowest BCUT2D eigenvalue weighted by Crippen LogP contribution is -2.17. The van der Waals surface area contributed by atoms with E-state index in [-0.39, 0.29) is 5.41 Å². The fraction of sp³-hybridized carbons (Fsp3) is 0.400. The van der Waals surface area contributed by atoms with E-state index in [0.717, 1.165) is 15.4 Å². The Morgan fingerprint density at radius 1 is 1.22 bits per heavy atom. The number of aryl methyl sites for hydroxylation is 1. The van der Waals surface area contributed by atoms with Gasteiger partial charge in [-0.15, -0.1) is 0 Å². The number of hydrogen-bond acceptors (Lipinski definition) is 2. The molecule has 0 bridgehead atoms. The van der Waals surface area contributed by atoms with Crippen LogP contribution in [0.1, 0.15) is 26.3 Å². The molecule has 0 saturated heterocycles. The fourth-order valence-electron chi connectivity index (χ4n) is 1.70. The van der Waals surface area contributed by atoms with Crippen molar-refractivity contribution in [2.45, 2.75) is 27.7 Å². The van der Waals surface area contributed by atoms with Crippen LogP contribution in [0.5, 0.6) is 5.88 Å². The summed E-state index contributed by atoms with van der Waals surface area (Å²) in [4.78, 5) is 4.54. The summed E-state index contributed by atoms with van der Waals surface area (Å²) >= 11 is 3.48. The second-order valence-electron chi connectivity index (χ2n) is 5.79. The molecular formula is C15H18BrNO. The quantitative estimate of drug-likeness (QED) is 0.800. The molecule has 3 heteroatoms. The van der Waals surface area contributed by atoms with Gasteiger partial charge >= 0.3 is 0 Å². The van der Waals surface area contributed by atoms with Crippen molar-refractivity contribution >= 4 is 26.8 Å². The first-order chi connectivity index (χ1) is 8.35. The van der Waals surface area contributed by atoms with Crippen molar-refractivity contribution in [1.29, 1.82) is 0 Å². The first-order valence-corrected chi connectivity index (χ1v) is 6.84. The molecule has 96 valence electrons. The molecule has 18 heavy (non-hydrogen) atoms. The fourth-order valence-corrected chi connectivity index (χ4v) is 2.06. The number of ether oxygens (including phenoxy) is 1. The standard InChI is InChI=1S/C15H18BrNO/c1-10-7-14(18-9-15(2,3)4)17-13-6-5-11(16)8-12(10)13/h5-8H,9H2,1-4H3. The van der Waals surface area contributed by atoms with Gasteiger partial charge in [0.2, 0.25) is 5.88 Å². The van der Waals surface area contributed by atoms with Crippen LogP contribution in [-0.2, 0) is 0 Å². The first kappa shape index (κ1) is 13.3. The second-order valence-corrected chi connectivity index (χ2v) is 6.70. The summed E-state index contributed by atoms with van der Waals surface area (Å²) in [6.45, 7) is 9.20. The number of aromatic nitrogens is 1. The van der Waals surface area contributed by atoms with E-state index in [1.807, 2.05) is 18.2 Å². The molecule has 0 spiro atoms. The van der Waals surface area contributed by atoms with Gasteiger partial charge in [0.05, 0.1) is 12.1 Å².